The van der Waals surface area contributed by atoms with Crippen LogP contribution in [0.1, 0.15) is 103 Å². The van der Waals surface area contributed by atoms with Gasteiger partial charge >= 0.3 is 103 Å². The van der Waals surface area contributed by atoms with Gasteiger partial charge in [0, 0.05) is 76.3 Å². The van der Waals surface area contributed by atoms with E-state index in [0.717, 1.165) is 121 Å². The van der Waals surface area contributed by atoms with Crippen molar-refractivity contribution in [1.29, 1.82) is 0 Å². The number of aromatic amines is 1. The summed E-state index contributed by atoms with van der Waals surface area (Å²) in [5.41, 5.74) is 1.09. The van der Waals surface area contributed by atoms with Crippen LogP contribution in [-0.2, 0) is 25.7 Å². The van der Waals surface area contributed by atoms with Crippen LogP contribution in [0.2, 0.25) is 0 Å². The summed E-state index contributed by atoms with van der Waals surface area (Å²) in [5, 5.41) is 19.2. The van der Waals surface area contributed by atoms with Crippen molar-refractivity contribution in [1.82, 2.24) is 38.7 Å². The number of halogens is 2. The monoisotopic (exact) mass is 941 g/mol. The topological polar surface area (TPSA) is 190 Å². The molecule has 8 heterocycles. The van der Waals surface area contributed by atoms with Crippen molar-refractivity contribution < 1.29 is 134 Å². The molecule has 59 heavy (non-hydrogen) atoms. The van der Waals surface area contributed by atoms with Crippen molar-refractivity contribution in [3.8, 4) is 0 Å². The van der Waals surface area contributed by atoms with E-state index in [1.165, 1.54) is 43.9 Å². The number of rotatable bonds is 8. The predicted octanol–water partition coefficient (Wildman–Crippen LogP) is -2.36. The molecule has 316 valence electrons. The van der Waals surface area contributed by atoms with Gasteiger partial charge in [-0.25, -0.2) is 19.0 Å². The summed E-state index contributed by atoms with van der Waals surface area (Å²) in [6.45, 7) is 7.53. The third-order valence-electron chi connectivity index (χ3n) is 11.1. The minimum absolute atomic E-state index is 0. The molecule has 4 aromatic heterocycles. The van der Waals surface area contributed by atoms with Crippen LogP contribution in [0.5, 0.6) is 0 Å². The Morgan fingerprint density at radius 1 is 0.847 bits per heavy atom. The van der Waals surface area contributed by atoms with Crippen molar-refractivity contribution >= 4 is 45.3 Å². The van der Waals surface area contributed by atoms with Gasteiger partial charge in [0.1, 0.15) is 11.6 Å². The first kappa shape index (κ1) is 49.3. The van der Waals surface area contributed by atoms with E-state index in [4.69, 9.17) is 26.0 Å². The van der Waals surface area contributed by atoms with Gasteiger partial charge in [0.05, 0.1) is 20.9 Å². The van der Waals surface area contributed by atoms with E-state index in [1.54, 1.807) is 16.9 Å². The molecule has 6 aliphatic rings. The average molecular weight is 943 g/mol. The molecule has 0 bridgehead atoms. The molecule has 1 N–H and O–H groups in total. The van der Waals surface area contributed by atoms with E-state index in [1.807, 2.05) is 9.08 Å². The number of fused-ring (bicyclic) bond motifs is 2. The number of alkyl halides is 2. The Bertz CT molecular complexity index is 2020. The Morgan fingerprint density at radius 2 is 1.32 bits per heavy atom. The fourth-order valence-corrected chi connectivity index (χ4v) is 8.22. The van der Waals surface area contributed by atoms with Crippen molar-refractivity contribution in [3.05, 3.63) is 44.8 Å². The minimum Gasteiger partial charge on any atom is -1.00 e. The van der Waals surface area contributed by atoms with Crippen LogP contribution in [0, 0.1) is 11.8 Å². The third kappa shape index (κ3) is 13.9. The Balaban J connectivity index is 0.000000249. The second-order valence-corrected chi connectivity index (χ2v) is 15.9. The maximum atomic E-state index is 13.2. The number of nitrogens with one attached hydrogen (secondary N) is 1. The largest absolute Gasteiger partial charge is 1.00 e. The molecule has 0 aromatic carbocycles. The molecule has 4 saturated heterocycles. The summed E-state index contributed by atoms with van der Waals surface area (Å²) in [6, 6.07) is 0. The van der Waals surface area contributed by atoms with E-state index in [2.05, 4.69) is 50.7 Å². The normalized spacial score (nSPS) is 19.3. The summed E-state index contributed by atoms with van der Waals surface area (Å²) in [6.07, 6.45) is 17.2. The molecule has 17 nitrogen and oxygen atoms in total. The van der Waals surface area contributed by atoms with Crippen LogP contribution in [-0.4, -0.2) is 110 Å². The van der Waals surface area contributed by atoms with Gasteiger partial charge in [-0.2, -0.15) is 0 Å². The van der Waals surface area contributed by atoms with Crippen molar-refractivity contribution in [2.75, 3.05) is 74.9 Å². The van der Waals surface area contributed by atoms with Crippen LogP contribution in [0.15, 0.2) is 22.0 Å². The molecule has 0 spiro atoms. The molecule has 4 aromatic rings. The molecule has 6 fully saturated rings. The van der Waals surface area contributed by atoms with Crippen molar-refractivity contribution in [2.24, 2.45) is 11.8 Å². The van der Waals surface area contributed by atoms with Crippen LogP contribution < -0.4 is 129 Å². The second kappa shape index (κ2) is 26.2. The predicted molar refractivity (Wildman–Crippen MR) is 214 cm³/mol. The van der Waals surface area contributed by atoms with E-state index in [9.17, 15) is 14.0 Å². The molecular formula is C38H56BrFK2N10O7. The number of aromatic nitrogens is 8. The van der Waals surface area contributed by atoms with Crippen molar-refractivity contribution in [2.45, 2.75) is 95.4 Å². The van der Waals surface area contributed by atoms with Crippen LogP contribution in [0.3, 0.4) is 0 Å². The van der Waals surface area contributed by atoms with Crippen LogP contribution in [0.4, 0.5) is 16.3 Å². The average Bonchev–Trinajstić information content (AvgIpc) is 3.93. The fourth-order valence-electron chi connectivity index (χ4n) is 7.57. The zero-order chi connectivity index (χ0) is 40.9. The quantitative estimate of drug-likeness (QED) is 0.0651. The van der Waals surface area contributed by atoms with E-state index < -0.39 is 7.15 Å². The van der Waals surface area contributed by atoms with Crippen molar-refractivity contribution in [3.63, 3.8) is 0 Å². The fraction of sp³-hybridized carbons (Fsp3) is 0.711. The van der Waals surface area contributed by atoms with Crippen LogP contribution >= 0.6 is 15.9 Å². The molecule has 21 heteroatoms. The number of hydrogen-bond donors (Lipinski definition) is 1. The number of carbonyl (C=O) groups excluding carboxylic acids is 1. The molecule has 2 aliphatic carbocycles. The molecule has 2 saturated carbocycles. The summed E-state index contributed by atoms with van der Waals surface area (Å²) in [7, 11) is -1.00. The van der Waals surface area contributed by atoms with Gasteiger partial charge in [-0.1, -0.05) is 15.9 Å². The zero-order valence-corrected chi connectivity index (χ0v) is 42.3. The Kier molecular flexibility index (Phi) is 21.9. The molecule has 0 radical (unpaired) electrons. The molecule has 0 amide bonds. The molecule has 10 rings (SSSR count). The number of hydrogen-bond acceptors (Lipinski definition) is 13. The number of imidazole rings is 2. The third-order valence-corrected chi connectivity index (χ3v) is 12.1. The molecular weight excluding hydrogens is 886 g/mol. The van der Waals surface area contributed by atoms with E-state index in [0.29, 0.717) is 34.7 Å². The van der Waals surface area contributed by atoms with Gasteiger partial charge in [-0.05, 0) is 88.9 Å². The van der Waals surface area contributed by atoms with Gasteiger partial charge in [0.25, 0.3) is 17.6 Å². The van der Waals surface area contributed by atoms with Gasteiger partial charge < -0.3 is 30.8 Å². The number of nitrogens with zero attached hydrogens (tertiary/aromatic N) is 9. The summed E-state index contributed by atoms with van der Waals surface area (Å²) in [5.74, 6) is 5.66. The van der Waals surface area contributed by atoms with E-state index >= 15 is 0 Å². The number of anilines is 2. The summed E-state index contributed by atoms with van der Waals surface area (Å²) in [4.78, 5) is 53.0. The number of carbonyl (C=O) groups is 1. The second-order valence-electron chi connectivity index (χ2n) is 15.2. The minimum atomic E-state index is -1.00. The summed E-state index contributed by atoms with van der Waals surface area (Å²) >= 11 is 3.38. The first-order valence-electron chi connectivity index (χ1n) is 20.9. The van der Waals surface area contributed by atoms with Gasteiger partial charge in [-0.3, -0.25) is 28.3 Å². The molecule has 0 atom stereocenters. The van der Waals surface area contributed by atoms with Gasteiger partial charge in [0.2, 0.25) is 11.9 Å². The Labute approximate surface area is 439 Å². The molecule has 0 unspecified atom stereocenters. The Morgan fingerprint density at radius 3 is 1.78 bits per heavy atom. The zero-order valence-electron chi connectivity index (χ0n) is 36.4. The summed E-state index contributed by atoms with van der Waals surface area (Å²) < 4.78 is 31.9. The van der Waals surface area contributed by atoms with Gasteiger partial charge in [0.15, 0.2) is 11.0 Å². The number of ether oxygens (including phenoxy) is 2. The first-order chi connectivity index (χ1) is 28.4. The van der Waals surface area contributed by atoms with E-state index in [-0.39, 0.29) is 122 Å². The van der Waals surface area contributed by atoms with Gasteiger partial charge in [-0.15, -0.1) is 10.2 Å². The van der Waals surface area contributed by atoms with Crippen LogP contribution in [0.25, 0.3) is 11.0 Å². The standard InChI is InChI=1S/C18H25N5O2.C14H19N5O2.C4H7Br.CH3F.CH2O3.2K.H/c24-17-15-11-19-16(14-5-9-25-10-6-14)23(15)20-18(21-7-1-2-8-21)22(17)12-13-3-4-13;20-13-11-9-15-12(10-3-7-21-8-4-10)19(11)17-14(16-13)18-5-1-2-6-18;5-3-4-1-2-4;1-2;2-1-4-3;;;/h11,13-14H,1-10,12H2;9-10H,1-8H2,(H,16,17,20);4H,1-3H2;1H3;1,3H;;;/q;;;;;2*+1;-1/p-1/i;;;1D;;;;. The smallest absolute Gasteiger partial charge is 1.00 e. The maximum Gasteiger partial charge on any atom is 1.00 e. The maximum absolute atomic E-state index is 13.2. The Hall–Kier alpha value is -0.667. The number of H-pyrrole nitrogens is 1. The first-order valence-corrected chi connectivity index (χ1v) is 21.3. The SMILES string of the molecule is BrCC1CC1.O=CO[O-].O=c1[nH]c(N2CCCC2)nn2c(C3CCOCC3)ncc12.O=c1c2cnc(C3CCOCC3)n2nc(N2CCCC2)n1CC1CC1.[2H]CF.[H-].[K+].[K+]. The molecule has 4 aliphatic heterocycles.